The van der Waals surface area contributed by atoms with E-state index in [0.29, 0.717) is 18.1 Å². The van der Waals surface area contributed by atoms with Crippen LogP contribution in [-0.2, 0) is 16.0 Å². The van der Waals surface area contributed by atoms with Gasteiger partial charge >= 0.3 is 0 Å². The smallest absolute Gasteiger partial charge is 0.275 e. The van der Waals surface area contributed by atoms with E-state index in [1.165, 1.54) is 0 Å². The molecule has 0 saturated heterocycles. The first-order valence-electron chi connectivity index (χ1n) is 7.48. The van der Waals surface area contributed by atoms with Crippen molar-refractivity contribution in [2.75, 3.05) is 26.7 Å². The lowest BCUT2D eigenvalue weighted by Crippen LogP contribution is -3.11. The SMILES string of the molecule is CC(C)NC(=O)C[NH+](C)CC(=O)NCCc1ccc(Cl)cc1. The minimum Gasteiger partial charge on any atom is -0.351 e. The Morgan fingerprint density at radius 3 is 2.32 bits per heavy atom. The van der Waals surface area contributed by atoms with E-state index in [4.69, 9.17) is 11.6 Å². The number of quaternary nitrogens is 1. The summed E-state index contributed by atoms with van der Waals surface area (Å²) in [4.78, 5) is 24.3. The van der Waals surface area contributed by atoms with Crippen molar-refractivity contribution >= 4 is 23.4 Å². The number of benzene rings is 1. The second kappa shape index (κ2) is 9.43. The molecule has 2 amide bonds. The number of hydrogen-bond acceptors (Lipinski definition) is 2. The summed E-state index contributed by atoms with van der Waals surface area (Å²) in [6, 6.07) is 7.69. The number of nitrogens with one attached hydrogen (secondary N) is 3. The summed E-state index contributed by atoms with van der Waals surface area (Å²) in [5.74, 6) is -0.0923. The maximum absolute atomic E-state index is 11.8. The van der Waals surface area contributed by atoms with Gasteiger partial charge in [0.05, 0.1) is 7.05 Å². The number of rotatable bonds is 8. The Kier molecular flexibility index (Phi) is 7.91. The van der Waals surface area contributed by atoms with Crippen LogP contribution in [0.3, 0.4) is 0 Å². The fraction of sp³-hybridized carbons (Fsp3) is 0.500. The number of carbonyl (C=O) groups is 2. The summed E-state index contributed by atoms with van der Waals surface area (Å²) in [7, 11) is 1.83. The molecule has 0 fully saturated rings. The molecule has 0 heterocycles. The van der Waals surface area contributed by atoms with Gasteiger partial charge in [0, 0.05) is 17.6 Å². The molecule has 1 atom stereocenters. The van der Waals surface area contributed by atoms with Gasteiger partial charge in [0.15, 0.2) is 13.1 Å². The first kappa shape index (κ1) is 18.5. The third kappa shape index (κ3) is 8.00. The van der Waals surface area contributed by atoms with E-state index in [1.807, 2.05) is 45.2 Å². The van der Waals surface area contributed by atoms with Gasteiger partial charge in [-0.2, -0.15) is 0 Å². The molecule has 6 heteroatoms. The third-order valence-electron chi connectivity index (χ3n) is 3.02. The summed E-state index contributed by atoms with van der Waals surface area (Å²) < 4.78 is 0. The molecular weight excluding hydrogens is 302 g/mol. The van der Waals surface area contributed by atoms with Crippen molar-refractivity contribution in [1.29, 1.82) is 0 Å². The Bertz CT molecular complexity index is 489. The minimum absolute atomic E-state index is 0.0403. The molecule has 0 aromatic heterocycles. The summed E-state index contributed by atoms with van der Waals surface area (Å²) in [5.41, 5.74) is 1.13. The molecule has 0 aliphatic carbocycles. The predicted molar refractivity (Wildman–Crippen MR) is 88.1 cm³/mol. The highest BCUT2D eigenvalue weighted by Gasteiger charge is 2.14. The van der Waals surface area contributed by atoms with Crippen LogP contribution in [-0.4, -0.2) is 44.5 Å². The highest BCUT2D eigenvalue weighted by atomic mass is 35.5. The Morgan fingerprint density at radius 2 is 1.73 bits per heavy atom. The molecule has 0 spiro atoms. The molecule has 122 valence electrons. The molecule has 3 N–H and O–H groups in total. The molecule has 0 aliphatic heterocycles. The Labute approximate surface area is 137 Å². The van der Waals surface area contributed by atoms with E-state index in [0.717, 1.165) is 16.9 Å². The van der Waals surface area contributed by atoms with Crippen LogP contribution in [0.1, 0.15) is 19.4 Å². The highest BCUT2D eigenvalue weighted by molar-refractivity contribution is 6.30. The first-order chi connectivity index (χ1) is 10.4. The zero-order valence-corrected chi connectivity index (χ0v) is 14.2. The third-order valence-corrected chi connectivity index (χ3v) is 3.28. The number of likely N-dealkylation sites (N-methyl/N-ethyl adjacent to an activating group) is 1. The maximum Gasteiger partial charge on any atom is 0.275 e. The fourth-order valence-electron chi connectivity index (χ4n) is 2.04. The lowest BCUT2D eigenvalue weighted by molar-refractivity contribution is -0.862. The van der Waals surface area contributed by atoms with Crippen LogP contribution < -0.4 is 15.5 Å². The van der Waals surface area contributed by atoms with Gasteiger partial charge in [-0.25, -0.2) is 0 Å². The second-order valence-corrected chi connectivity index (χ2v) is 6.20. The van der Waals surface area contributed by atoms with E-state index in [9.17, 15) is 9.59 Å². The first-order valence-corrected chi connectivity index (χ1v) is 7.86. The monoisotopic (exact) mass is 326 g/mol. The van der Waals surface area contributed by atoms with Crippen LogP contribution in [0.4, 0.5) is 0 Å². The van der Waals surface area contributed by atoms with Gasteiger partial charge in [0.2, 0.25) is 0 Å². The summed E-state index contributed by atoms with van der Waals surface area (Å²) >= 11 is 5.82. The van der Waals surface area contributed by atoms with Crippen molar-refractivity contribution < 1.29 is 14.5 Å². The van der Waals surface area contributed by atoms with Crippen LogP contribution in [0.15, 0.2) is 24.3 Å². The maximum atomic E-state index is 11.8. The van der Waals surface area contributed by atoms with Gasteiger partial charge in [-0.15, -0.1) is 0 Å². The zero-order valence-electron chi connectivity index (χ0n) is 13.4. The Balaban J connectivity index is 2.22. The zero-order chi connectivity index (χ0) is 16.5. The molecule has 5 nitrogen and oxygen atoms in total. The molecule has 0 aliphatic rings. The molecule has 0 radical (unpaired) electrons. The highest BCUT2D eigenvalue weighted by Crippen LogP contribution is 2.09. The van der Waals surface area contributed by atoms with Gasteiger partial charge < -0.3 is 15.5 Å². The second-order valence-electron chi connectivity index (χ2n) is 5.76. The topological polar surface area (TPSA) is 62.6 Å². The number of carbonyl (C=O) groups excluding carboxylic acids is 2. The van der Waals surface area contributed by atoms with E-state index in [1.54, 1.807) is 0 Å². The van der Waals surface area contributed by atoms with Crippen molar-refractivity contribution in [3.63, 3.8) is 0 Å². The summed E-state index contributed by atoms with van der Waals surface area (Å²) in [6.07, 6.45) is 0.760. The molecular formula is C16H25ClN3O2+. The lowest BCUT2D eigenvalue weighted by Gasteiger charge is -2.15. The van der Waals surface area contributed by atoms with E-state index < -0.39 is 0 Å². The van der Waals surface area contributed by atoms with Gasteiger partial charge in [0.25, 0.3) is 11.8 Å². The van der Waals surface area contributed by atoms with Crippen molar-refractivity contribution in [2.45, 2.75) is 26.3 Å². The minimum atomic E-state index is -0.0520. The van der Waals surface area contributed by atoms with Crippen molar-refractivity contribution in [1.82, 2.24) is 10.6 Å². The van der Waals surface area contributed by atoms with Gasteiger partial charge in [-0.05, 0) is 38.0 Å². The number of amides is 2. The van der Waals surface area contributed by atoms with E-state index in [2.05, 4.69) is 10.6 Å². The molecule has 1 rings (SSSR count). The Hall–Kier alpha value is -1.59. The molecule has 0 bridgehead atoms. The van der Waals surface area contributed by atoms with E-state index >= 15 is 0 Å². The average molecular weight is 327 g/mol. The van der Waals surface area contributed by atoms with Gasteiger partial charge in [-0.1, -0.05) is 23.7 Å². The van der Waals surface area contributed by atoms with Crippen molar-refractivity contribution in [3.05, 3.63) is 34.9 Å². The van der Waals surface area contributed by atoms with E-state index in [-0.39, 0.29) is 24.4 Å². The summed E-state index contributed by atoms with van der Waals surface area (Å²) in [6.45, 7) is 4.98. The molecule has 1 unspecified atom stereocenters. The van der Waals surface area contributed by atoms with Crippen molar-refractivity contribution in [2.24, 2.45) is 0 Å². The van der Waals surface area contributed by atoms with Crippen LogP contribution >= 0.6 is 11.6 Å². The molecule has 1 aromatic carbocycles. The largest absolute Gasteiger partial charge is 0.351 e. The average Bonchev–Trinajstić information content (AvgIpc) is 2.39. The standard InChI is InChI=1S/C16H24ClN3O2/c1-12(2)19-16(22)11-20(3)10-15(21)18-9-8-13-4-6-14(17)7-5-13/h4-7,12H,8-11H2,1-3H3,(H,18,21)(H,19,22)/p+1. The van der Waals surface area contributed by atoms with Gasteiger partial charge in [-0.3, -0.25) is 9.59 Å². The quantitative estimate of drug-likeness (QED) is 0.631. The molecule has 1 aromatic rings. The van der Waals surface area contributed by atoms with Crippen molar-refractivity contribution in [3.8, 4) is 0 Å². The lowest BCUT2D eigenvalue weighted by atomic mass is 10.1. The van der Waals surface area contributed by atoms with Gasteiger partial charge in [0.1, 0.15) is 0 Å². The van der Waals surface area contributed by atoms with Crippen LogP contribution in [0, 0.1) is 0 Å². The van der Waals surface area contributed by atoms with Crippen LogP contribution in [0.5, 0.6) is 0 Å². The Morgan fingerprint density at radius 1 is 1.14 bits per heavy atom. The number of halogens is 1. The van der Waals surface area contributed by atoms with Crippen LogP contribution in [0.2, 0.25) is 5.02 Å². The fourth-order valence-corrected chi connectivity index (χ4v) is 2.17. The normalized spacial score (nSPS) is 12.0. The predicted octanol–water partition coefficient (Wildman–Crippen LogP) is 0.0380. The van der Waals surface area contributed by atoms with Crippen LogP contribution in [0.25, 0.3) is 0 Å². The number of hydrogen-bond donors (Lipinski definition) is 3. The molecule has 22 heavy (non-hydrogen) atoms. The summed E-state index contributed by atoms with van der Waals surface area (Å²) in [5, 5.41) is 6.39. The molecule has 0 saturated carbocycles.